The van der Waals surface area contributed by atoms with Crippen molar-refractivity contribution in [3.05, 3.63) is 34.9 Å². The van der Waals surface area contributed by atoms with Crippen LogP contribution in [0.5, 0.6) is 0 Å². The van der Waals surface area contributed by atoms with Crippen molar-refractivity contribution in [2.75, 3.05) is 157 Å². The van der Waals surface area contributed by atoms with Crippen molar-refractivity contribution in [2.24, 2.45) is 0 Å². The zero-order chi connectivity index (χ0) is 62.5. The van der Waals surface area contributed by atoms with Crippen molar-refractivity contribution in [1.82, 2.24) is 49.4 Å². The van der Waals surface area contributed by atoms with E-state index >= 15 is 0 Å². The summed E-state index contributed by atoms with van der Waals surface area (Å²) in [5, 5.41) is 106. The highest BCUT2D eigenvalue weighted by Gasteiger charge is 2.33. The molecule has 0 spiro atoms. The number of imide groups is 1. The van der Waals surface area contributed by atoms with Gasteiger partial charge in [0.05, 0.1) is 86.2 Å². The van der Waals surface area contributed by atoms with Gasteiger partial charge in [0, 0.05) is 172 Å². The third-order valence-corrected chi connectivity index (χ3v) is 13.6. The minimum Gasteiger partial charge on any atom is -0.549 e. The second kappa shape index (κ2) is 32.7. The Labute approximate surface area is 477 Å². The molecule has 3 atom stereocenters. The molecule has 1 aromatic carbocycles. The summed E-state index contributed by atoms with van der Waals surface area (Å²) in [6.07, 6.45) is -1.95. The number of aliphatic carboxylic acids is 9. The predicted octanol–water partition coefficient (Wildman–Crippen LogP) is -18.2. The fraction of sp³-hybridized carbons (Fsp3) is 0.580. The van der Waals surface area contributed by atoms with E-state index in [9.17, 15) is 118 Å². The number of carboxylic acids is 9. The molecular weight excluding hydrogens is 1120 g/mol. The number of benzene rings is 1. The minimum atomic E-state index is -1.70. The summed E-state index contributed by atoms with van der Waals surface area (Å²) < 4.78 is 0. The number of amides is 2. The standard InChI is InChI=1S/C50H68N10O24/c61-36(18-52-1-4-55(21-41(66)67)15-33(12-52)58(24-44(72)73)25-45(74)75)10-38(63)30-7-31(39(64)11-37(62)19-53-2-5-56(22-42(68)69)16-34(13-53)59(26-46(76)77)27-47(78)79)9-32(8-30)50(84)51-40(65)20-54-3-6-57(23-43(70)71)17-35(14-54)60(28-48(80)81)29-49(82)83/h7-9,33-35H,1-6,10-29H2,(H,66,67)(H,68,69)(H,70,71)(H,72,73)(H,74,75)(H,76,77)(H,78,79)(H,80,81)(H,82,83)(H,51,65,84)/p-9. The van der Waals surface area contributed by atoms with E-state index in [4.69, 9.17) is 0 Å². The van der Waals surface area contributed by atoms with E-state index in [0.29, 0.717) is 0 Å². The van der Waals surface area contributed by atoms with Crippen LogP contribution in [-0.4, -0.2) is 308 Å². The van der Waals surface area contributed by atoms with E-state index in [1.54, 1.807) is 0 Å². The minimum absolute atomic E-state index is 0.0681. The molecule has 4 rings (SSSR count). The number of nitrogens with one attached hydrogen (secondary N) is 1. The molecule has 3 aliphatic heterocycles. The number of carbonyl (C=O) groups is 15. The van der Waals surface area contributed by atoms with Gasteiger partial charge in [0.1, 0.15) is 0 Å². The van der Waals surface area contributed by atoms with E-state index in [2.05, 4.69) is 5.32 Å². The first-order valence-electron chi connectivity index (χ1n) is 25.9. The van der Waals surface area contributed by atoms with Gasteiger partial charge in [-0.25, -0.2) is 0 Å². The first-order valence-corrected chi connectivity index (χ1v) is 25.9. The Balaban J connectivity index is 1.64. The Kier molecular flexibility index (Phi) is 26.6. The molecular formula is C50H59N10O24-9. The lowest BCUT2D eigenvalue weighted by molar-refractivity contribution is -0.313. The molecule has 1 aromatic rings. The summed E-state index contributed by atoms with van der Waals surface area (Å²) in [4.78, 5) is 198. The molecule has 0 aliphatic carbocycles. The molecule has 3 fully saturated rings. The average molecular weight is 1180 g/mol. The number of carbonyl (C=O) groups excluding carboxylic acids is 15. The number of ketones is 4. The maximum absolute atomic E-state index is 14.0. The molecule has 0 aromatic heterocycles. The van der Waals surface area contributed by atoms with Crippen LogP contribution in [0.2, 0.25) is 0 Å². The Bertz CT molecular complexity index is 2350. The average Bonchev–Trinajstić information content (AvgIpc) is 3.98. The largest absolute Gasteiger partial charge is 0.549 e. The van der Waals surface area contributed by atoms with Crippen LogP contribution in [0.1, 0.15) is 43.9 Å². The molecule has 3 heterocycles. The summed E-state index contributed by atoms with van der Waals surface area (Å²) in [5.41, 5.74) is -1.58. The van der Waals surface area contributed by atoms with Crippen molar-refractivity contribution < 1.29 is 118 Å². The molecule has 34 heteroatoms. The molecule has 3 aliphatic rings. The lowest BCUT2D eigenvalue weighted by Crippen LogP contribution is -2.55. The van der Waals surface area contributed by atoms with Crippen LogP contribution in [0.4, 0.5) is 0 Å². The second-order valence-corrected chi connectivity index (χ2v) is 20.4. The van der Waals surface area contributed by atoms with E-state index in [1.165, 1.54) is 29.4 Å². The smallest absolute Gasteiger partial charge is 0.257 e. The molecule has 0 bridgehead atoms. The van der Waals surface area contributed by atoms with Gasteiger partial charge < -0.3 is 89.1 Å². The van der Waals surface area contributed by atoms with E-state index < -0.39 is 215 Å². The number of hydrogen-bond acceptors (Lipinski definition) is 33. The number of nitrogens with zero attached hydrogens (tertiary/aromatic N) is 9. The van der Waals surface area contributed by atoms with Crippen molar-refractivity contribution in [3.63, 3.8) is 0 Å². The van der Waals surface area contributed by atoms with Crippen molar-refractivity contribution in [3.8, 4) is 0 Å². The summed E-state index contributed by atoms with van der Waals surface area (Å²) in [6.45, 7) is -11.5. The fourth-order valence-electron chi connectivity index (χ4n) is 10.1. The fourth-order valence-corrected chi connectivity index (χ4v) is 10.1. The van der Waals surface area contributed by atoms with E-state index in [-0.39, 0.29) is 78.5 Å². The summed E-state index contributed by atoms with van der Waals surface area (Å²) in [5.74, 6) is -20.9. The third-order valence-electron chi connectivity index (χ3n) is 13.6. The van der Waals surface area contributed by atoms with Gasteiger partial charge in [-0.05, 0) is 18.2 Å². The number of hydrogen-bond donors (Lipinski definition) is 1. The SMILES string of the molecule is O=C([O-])CN1CCN(CC(=O)CC(=O)c2cc(C(=O)CC(=O)CN3CCN(CC(=O)[O-])CC(N(CC(=O)[O-])CC(=O)[O-])C3)cc(C(=O)NC(=O)CN3CCN(CC(=O)[O-])CC(N(CC(=O)[O-])CC(=O)[O-])C3)c2)CC(N(CC(=O)[O-])CC(=O)[O-])C1. The first kappa shape index (κ1) is 68.4. The van der Waals surface area contributed by atoms with Gasteiger partial charge in [-0.3, -0.25) is 78.2 Å². The monoisotopic (exact) mass is 1180 g/mol. The third kappa shape index (κ3) is 24.4. The topological polar surface area (TPSA) is 505 Å². The lowest BCUT2D eigenvalue weighted by atomic mass is 9.96. The molecule has 0 saturated carbocycles. The van der Waals surface area contributed by atoms with Crippen LogP contribution in [0.3, 0.4) is 0 Å². The normalized spacial score (nSPS) is 18.9. The van der Waals surface area contributed by atoms with Crippen LogP contribution in [0.15, 0.2) is 18.2 Å². The van der Waals surface area contributed by atoms with Gasteiger partial charge in [0.25, 0.3) is 5.91 Å². The van der Waals surface area contributed by atoms with Gasteiger partial charge in [0.2, 0.25) is 5.91 Å². The zero-order valence-electron chi connectivity index (χ0n) is 45.2. The van der Waals surface area contributed by atoms with Crippen LogP contribution < -0.4 is 51.3 Å². The van der Waals surface area contributed by atoms with Gasteiger partial charge in [-0.15, -0.1) is 0 Å². The molecule has 462 valence electrons. The lowest BCUT2D eigenvalue weighted by Gasteiger charge is -2.35. The molecule has 2 amide bonds. The molecule has 34 nitrogen and oxygen atoms in total. The maximum Gasteiger partial charge on any atom is 0.257 e. The summed E-state index contributed by atoms with van der Waals surface area (Å²) in [7, 11) is 0. The van der Waals surface area contributed by atoms with Crippen molar-refractivity contribution >= 4 is 88.7 Å². The molecule has 3 saturated heterocycles. The van der Waals surface area contributed by atoms with Gasteiger partial charge in [0.15, 0.2) is 23.1 Å². The van der Waals surface area contributed by atoms with Crippen LogP contribution >= 0.6 is 0 Å². The van der Waals surface area contributed by atoms with Crippen molar-refractivity contribution in [2.45, 2.75) is 31.0 Å². The Morgan fingerprint density at radius 2 is 0.583 bits per heavy atom. The van der Waals surface area contributed by atoms with Crippen LogP contribution in [0.25, 0.3) is 0 Å². The number of carboxylic acid groups (broad SMARTS) is 9. The Hall–Kier alpha value is -8.09. The zero-order valence-corrected chi connectivity index (χ0v) is 45.2. The second-order valence-electron chi connectivity index (χ2n) is 20.4. The Morgan fingerprint density at radius 3 is 0.833 bits per heavy atom. The van der Waals surface area contributed by atoms with Gasteiger partial charge in [-0.2, -0.15) is 0 Å². The van der Waals surface area contributed by atoms with E-state index in [0.717, 1.165) is 32.9 Å². The Morgan fingerprint density at radius 1 is 0.345 bits per heavy atom. The highest BCUT2D eigenvalue weighted by molar-refractivity contribution is 6.14. The maximum atomic E-state index is 14.0. The van der Waals surface area contributed by atoms with Crippen LogP contribution in [-0.2, 0) is 57.5 Å². The quantitative estimate of drug-likeness (QED) is 0.0494. The highest BCUT2D eigenvalue weighted by atomic mass is 16.4. The first-order chi connectivity index (χ1) is 39.4. The molecule has 0 radical (unpaired) electrons. The predicted molar refractivity (Wildman–Crippen MR) is 257 cm³/mol. The van der Waals surface area contributed by atoms with Gasteiger partial charge >= 0.3 is 0 Å². The number of Topliss-reactive ketones (excluding diaryl/α,β-unsaturated/α-hetero) is 4. The molecule has 3 unspecified atom stereocenters. The molecule has 84 heavy (non-hydrogen) atoms. The summed E-state index contributed by atoms with van der Waals surface area (Å²) >= 11 is 0. The van der Waals surface area contributed by atoms with Gasteiger partial charge in [-0.1, -0.05) is 0 Å². The number of rotatable bonds is 34. The van der Waals surface area contributed by atoms with Crippen LogP contribution in [0, 0.1) is 0 Å². The molecule has 1 N–H and O–H groups in total. The van der Waals surface area contributed by atoms with E-state index in [1.807, 2.05) is 0 Å². The highest BCUT2D eigenvalue weighted by Crippen LogP contribution is 2.19. The van der Waals surface area contributed by atoms with Crippen molar-refractivity contribution in [1.29, 1.82) is 0 Å². The summed E-state index contributed by atoms with van der Waals surface area (Å²) in [6, 6.07) is -0.487.